The van der Waals surface area contributed by atoms with E-state index in [2.05, 4.69) is 0 Å². The fourth-order valence-electron chi connectivity index (χ4n) is 3.03. The maximum Gasteiger partial charge on any atom is 0.271 e. The largest absolute Gasteiger partial charge is 0.271 e. The van der Waals surface area contributed by atoms with E-state index in [9.17, 15) is 22.0 Å². The van der Waals surface area contributed by atoms with Crippen LogP contribution in [0.2, 0.25) is 0 Å². The molecule has 0 nitrogen and oxygen atoms in total. The van der Waals surface area contributed by atoms with Gasteiger partial charge in [0, 0.05) is 17.0 Å². The second-order valence-corrected chi connectivity index (χ2v) is 6.02. The summed E-state index contributed by atoms with van der Waals surface area (Å²) in [4.78, 5) is 0. The molecule has 0 aromatic heterocycles. The van der Waals surface area contributed by atoms with Crippen LogP contribution in [-0.4, -0.2) is 0 Å². The van der Waals surface area contributed by atoms with Crippen LogP contribution in [0.25, 0.3) is 28.0 Å². The Kier molecular flexibility index (Phi) is 5.07. The molecule has 3 aromatic carbocycles. The normalized spacial score (nSPS) is 11.0. The standard InChI is InChI=1S/C21H15F5/c1-2-3-12-8-17(22)20(18(23)9-12)14-6-7-16-13(10-14)4-5-15(21(16)26)11-19(24)25/h4-11H,2-3H2,1H3. The third-order valence-corrected chi connectivity index (χ3v) is 4.18. The number of hydrogen-bond donors (Lipinski definition) is 0. The third-order valence-electron chi connectivity index (χ3n) is 4.18. The van der Waals surface area contributed by atoms with Crippen LogP contribution < -0.4 is 0 Å². The first kappa shape index (κ1) is 18.1. The number of halogens is 5. The van der Waals surface area contributed by atoms with Gasteiger partial charge in [-0.05, 0) is 41.1 Å². The zero-order valence-corrected chi connectivity index (χ0v) is 13.9. The maximum absolute atomic E-state index is 14.4. The van der Waals surface area contributed by atoms with E-state index in [1.807, 2.05) is 6.92 Å². The quantitative estimate of drug-likeness (QED) is 0.434. The van der Waals surface area contributed by atoms with Crippen LogP contribution in [0.15, 0.2) is 48.5 Å². The van der Waals surface area contributed by atoms with Gasteiger partial charge in [-0.2, -0.15) is 8.78 Å². The zero-order valence-electron chi connectivity index (χ0n) is 13.9. The Morgan fingerprint density at radius 1 is 0.923 bits per heavy atom. The van der Waals surface area contributed by atoms with Crippen LogP contribution in [0.1, 0.15) is 24.5 Å². The molecule has 0 saturated heterocycles. The van der Waals surface area contributed by atoms with Gasteiger partial charge in [0.2, 0.25) is 0 Å². The summed E-state index contributed by atoms with van der Waals surface area (Å²) in [7, 11) is 0. The average molecular weight is 362 g/mol. The van der Waals surface area contributed by atoms with Crippen molar-refractivity contribution in [2.45, 2.75) is 19.8 Å². The van der Waals surface area contributed by atoms with Crippen molar-refractivity contribution in [3.8, 4) is 11.1 Å². The monoisotopic (exact) mass is 362 g/mol. The molecule has 0 amide bonds. The van der Waals surface area contributed by atoms with Gasteiger partial charge in [-0.25, -0.2) is 13.2 Å². The summed E-state index contributed by atoms with van der Waals surface area (Å²) in [6, 6.07) is 9.40. The predicted octanol–water partition coefficient (Wildman–Crippen LogP) is 7.11. The fraction of sp³-hybridized carbons (Fsp3) is 0.143. The van der Waals surface area contributed by atoms with E-state index in [-0.39, 0.29) is 22.1 Å². The summed E-state index contributed by atoms with van der Waals surface area (Å²) in [6.07, 6.45) is -0.229. The van der Waals surface area contributed by atoms with Gasteiger partial charge < -0.3 is 0 Å². The smallest absolute Gasteiger partial charge is 0.206 e. The SMILES string of the molecule is CCCc1cc(F)c(-c2ccc3c(F)c(C=C(F)F)ccc3c2)c(F)c1. The van der Waals surface area contributed by atoms with Crippen molar-refractivity contribution in [1.82, 2.24) is 0 Å². The van der Waals surface area contributed by atoms with Crippen molar-refractivity contribution in [1.29, 1.82) is 0 Å². The van der Waals surface area contributed by atoms with E-state index >= 15 is 0 Å². The zero-order chi connectivity index (χ0) is 18.8. The second kappa shape index (κ2) is 7.28. The highest BCUT2D eigenvalue weighted by Crippen LogP contribution is 2.32. The van der Waals surface area contributed by atoms with E-state index in [0.29, 0.717) is 23.4 Å². The molecule has 0 aliphatic rings. The molecule has 0 radical (unpaired) electrons. The van der Waals surface area contributed by atoms with E-state index in [1.165, 1.54) is 42.5 Å². The number of hydrogen-bond acceptors (Lipinski definition) is 0. The number of fused-ring (bicyclic) bond motifs is 1. The Morgan fingerprint density at radius 2 is 1.62 bits per heavy atom. The number of benzene rings is 3. The lowest BCUT2D eigenvalue weighted by Crippen LogP contribution is -1.95. The summed E-state index contributed by atoms with van der Waals surface area (Å²) in [5.74, 6) is -2.18. The molecule has 0 aliphatic heterocycles. The minimum atomic E-state index is -2.00. The Labute approximate surface area is 147 Å². The molecule has 0 bridgehead atoms. The first-order valence-electron chi connectivity index (χ1n) is 8.14. The molecule has 0 aliphatic carbocycles. The van der Waals surface area contributed by atoms with Crippen LogP contribution in [0, 0.1) is 17.5 Å². The van der Waals surface area contributed by atoms with Crippen molar-refractivity contribution in [3.63, 3.8) is 0 Å². The third kappa shape index (κ3) is 3.47. The van der Waals surface area contributed by atoms with Crippen LogP contribution >= 0.6 is 0 Å². The molecule has 0 heterocycles. The molecule has 5 heteroatoms. The van der Waals surface area contributed by atoms with Crippen LogP contribution in [0.3, 0.4) is 0 Å². The Hall–Kier alpha value is -2.69. The van der Waals surface area contributed by atoms with Crippen molar-refractivity contribution >= 4 is 16.8 Å². The van der Waals surface area contributed by atoms with Gasteiger partial charge >= 0.3 is 0 Å². The van der Waals surface area contributed by atoms with Gasteiger partial charge in [0.05, 0.1) is 5.56 Å². The van der Waals surface area contributed by atoms with Gasteiger partial charge in [0.25, 0.3) is 6.08 Å². The Balaban J connectivity index is 2.12. The Bertz CT molecular complexity index is 978. The van der Waals surface area contributed by atoms with Crippen molar-refractivity contribution in [3.05, 3.63) is 77.1 Å². The van der Waals surface area contributed by atoms with Crippen LogP contribution in [0.4, 0.5) is 22.0 Å². The minimum Gasteiger partial charge on any atom is -0.206 e. The topological polar surface area (TPSA) is 0 Å². The molecule has 0 saturated carbocycles. The van der Waals surface area contributed by atoms with E-state index < -0.39 is 23.5 Å². The molecule has 0 spiro atoms. The summed E-state index contributed by atoms with van der Waals surface area (Å²) in [5.41, 5.74) is 0.398. The highest BCUT2D eigenvalue weighted by atomic mass is 19.3. The van der Waals surface area contributed by atoms with E-state index in [0.717, 1.165) is 6.42 Å². The minimum absolute atomic E-state index is 0.104. The number of rotatable bonds is 4. The molecule has 0 atom stereocenters. The molecular formula is C21H15F5. The van der Waals surface area contributed by atoms with Gasteiger partial charge in [-0.1, -0.05) is 37.6 Å². The Morgan fingerprint density at radius 3 is 2.23 bits per heavy atom. The van der Waals surface area contributed by atoms with Crippen molar-refractivity contribution < 1.29 is 22.0 Å². The molecule has 0 fully saturated rings. The lowest BCUT2D eigenvalue weighted by molar-refractivity contribution is 0.429. The summed E-state index contributed by atoms with van der Waals surface area (Å²) < 4.78 is 67.9. The molecule has 3 aromatic rings. The predicted molar refractivity (Wildman–Crippen MR) is 93.4 cm³/mol. The van der Waals surface area contributed by atoms with E-state index in [4.69, 9.17) is 0 Å². The number of aryl methyl sites for hydroxylation is 1. The summed E-state index contributed by atoms with van der Waals surface area (Å²) in [6.45, 7) is 1.92. The molecule has 134 valence electrons. The first-order valence-corrected chi connectivity index (χ1v) is 8.14. The van der Waals surface area contributed by atoms with Gasteiger partial charge in [0.15, 0.2) is 0 Å². The molecule has 0 unspecified atom stereocenters. The lowest BCUT2D eigenvalue weighted by atomic mass is 9.97. The highest BCUT2D eigenvalue weighted by Gasteiger charge is 2.15. The fourth-order valence-corrected chi connectivity index (χ4v) is 3.03. The van der Waals surface area contributed by atoms with Crippen LogP contribution in [0.5, 0.6) is 0 Å². The molecule has 26 heavy (non-hydrogen) atoms. The van der Waals surface area contributed by atoms with Gasteiger partial charge in [0.1, 0.15) is 17.5 Å². The first-order chi connectivity index (χ1) is 12.4. The second-order valence-electron chi connectivity index (χ2n) is 6.02. The average Bonchev–Trinajstić information content (AvgIpc) is 2.57. The van der Waals surface area contributed by atoms with Crippen molar-refractivity contribution in [2.24, 2.45) is 0 Å². The summed E-state index contributed by atoms with van der Waals surface area (Å²) in [5, 5.41) is 0.472. The van der Waals surface area contributed by atoms with Gasteiger partial charge in [-0.15, -0.1) is 0 Å². The maximum atomic E-state index is 14.4. The summed E-state index contributed by atoms with van der Waals surface area (Å²) >= 11 is 0. The molecular weight excluding hydrogens is 347 g/mol. The van der Waals surface area contributed by atoms with Crippen molar-refractivity contribution in [2.75, 3.05) is 0 Å². The van der Waals surface area contributed by atoms with Crippen LogP contribution in [-0.2, 0) is 6.42 Å². The molecule has 3 rings (SSSR count). The highest BCUT2D eigenvalue weighted by molar-refractivity contribution is 5.89. The molecule has 0 N–H and O–H groups in total. The van der Waals surface area contributed by atoms with Gasteiger partial charge in [-0.3, -0.25) is 0 Å². The van der Waals surface area contributed by atoms with E-state index in [1.54, 1.807) is 0 Å². The lowest BCUT2D eigenvalue weighted by Gasteiger charge is -2.10.